The molecule has 162 valence electrons. The van der Waals surface area contributed by atoms with Crippen LogP contribution in [0, 0.1) is 12.7 Å². The van der Waals surface area contributed by atoms with Crippen molar-refractivity contribution in [1.29, 1.82) is 0 Å². The van der Waals surface area contributed by atoms with Gasteiger partial charge in [-0.1, -0.05) is 40.2 Å². The minimum absolute atomic E-state index is 0.0637. The number of hydrogen-bond acceptors (Lipinski definition) is 4. The highest BCUT2D eigenvalue weighted by Crippen LogP contribution is 2.42. The van der Waals surface area contributed by atoms with E-state index < -0.39 is 23.5 Å². The van der Waals surface area contributed by atoms with Crippen LogP contribution >= 0.6 is 15.9 Å². The van der Waals surface area contributed by atoms with Crippen molar-refractivity contribution in [3.8, 4) is 5.75 Å². The number of benzene rings is 3. The summed E-state index contributed by atoms with van der Waals surface area (Å²) in [5.41, 5.74) is 1.99. The molecule has 1 saturated heterocycles. The Morgan fingerprint density at radius 1 is 1.06 bits per heavy atom. The van der Waals surface area contributed by atoms with Gasteiger partial charge < -0.3 is 9.84 Å². The summed E-state index contributed by atoms with van der Waals surface area (Å²) < 4.78 is 20.0. The van der Waals surface area contributed by atoms with Gasteiger partial charge >= 0.3 is 0 Å². The summed E-state index contributed by atoms with van der Waals surface area (Å²) in [4.78, 5) is 27.4. The number of aliphatic hydroxyl groups excluding tert-OH is 1. The van der Waals surface area contributed by atoms with Crippen molar-refractivity contribution in [3.63, 3.8) is 0 Å². The van der Waals surface area contributed by atoms with Gasteiger partial charge in [0.2, 0.25) is 0 Å². The van der Waals surface area contributed by atoms with Crippen LogP contribution in [0.15, 0.2) is 76.8 Å². The molecular formula is C25H19BrFNO4. The fraction of sp³-hybridized carbons (Fsp3) is 0.120. The number of ketones is 1. The maximum atomic E-state index is 14.0. The first-order valence-electron chi connectivity index (χ1n) is 9.79. The molecule has 0 aromatic heterocycles. The number of nitrogens with zero attached hydrogens (tertiary/aromatic N) is 1. The molecule has 3 aromatic carbocycles. The predicted octanol–water partition coefficient (Wildman–Crippen LogP) is 5.53. The Bertz CT molecular complexity index is 1250. The van der Waals surface area contributed by atoms with Crippen LogP contribution in [0.3, 0.4) is 0 Å². The van der Waals surface area contributed by atoms with Gasteiger partial charge in [-0.05, 0) is 60.5 Å². The number of amides is 1. The van der Waals surface area contributed by atoms with Crippen LogP contribution < -0.4 is 9.64 Å². The Morgan fingerprint density at radius 2 is 1.78 bits per heavy atom. The van der Waals surface area contributed by atoms with E-state index in [0.29, 0.717) is 16.9 Å². The van der Waals surface area contributed by atoms with E-state index in [1.54, 1.807) is 48.5 Å². The number of rotatable bonds is 4. The Balaban J connectivity index is 1.95. The van der Waals surface area contributed by atoms with Gasteiger partial charge in [-0.3, -0.25) is 14.5 Å². The number of halogens is 2. The highest BCUT2D eigenvalue weighted by molar-refractivity contribution is 9.10. The Morgan fingerprint density at radius 3 is 2.41 bits per heavy atom. The second kappa shape index (κ2) is 8.59. The fourth-order valence-corrected chi connectivity index (χ4v) is 4.02. The van der Waals surface area contributed by atoms with Gasteiger partial charge in [-0.15, -0.1) is 0 Å². The Labute approximate surface area is 192 Å². The number of aliphatic hydroxyl groups is 1. The van der Waals surface area contributed by atoms with Crippen molar-refractivity contribution in [2.75, 3.05) is 12.0 Å². The third-order valence-corrected chi connectivity index (χ3v) is 6.28. The van der Waals surface area contributed by atoms with E-state index in [-0.39, 0.29) is 17.0 Å². The molecule has 1 unspecified atom stereocenters. The first-order valence-corrected chi connectivity index (χ1v) is 10.6. The average Bonchev–Trinajstić information content (AvgIpc) is 3.06. The topological polar surface area (TPSA) is 66.8 Å². The van der Waals surface area contributed by atoms with Crippen LogP contribution in [0.5, 0.6) is 5.75 Å². The number of anilines is 1. The standard InChI is InChI=1S/C25H19BrFNO4/c1-14-12-16(8-11-20(14)26)23(29)21-22(15-6-9-19(32-2)10-7-15)28(25(31)24(21)30)18-5-3-4-17(27)13-18/h3-13,22,29H,1-2H3/b23-21+. The number of carbonyl (C=O) groups excluding carboxylic acids is 2. The second-order valence-corrected chi connectivity index (χ2v) is 8.24. The summed E-state index contributed by atoms with van der Waals surface area (Å²) in [5.74, 6) is -1.92. The van der Waals surface area contributed by atoms with Crippen molar-refractivity contribution >= 4 is 39.1 Å². The smallest absolute Gasteiger partial charge is 0.300 e. The van der Waals surface area contributed by atoms with Crippen LogP contribution in [-0.4, -0.2) is 23.9 Å². The number of ether oxygens (including phenoxy) is 1. The van der Waals surface area contributed by atoms with E-state index >= 15 is 0 Å². The summed E-state index contributed by atoms with van der Waals surface area (Å²) in [7, 11) is 1.53. The third-order valence-electron chi connectivity index (χ3n) is 5.39. The van der Waals surface area contributed by atoms with Crippen molar-refractivity contribution in [1.82, 2.24) is 0 Å². The molecule has 4 rings (SSSR count). The summed E-state index contributed by atoms with van der Waals surface area (Å²) in [5, 5.41) is 11.1. The molecule has 32 heavy (non-hydrogen) atoms. The van der Waals surface area contributed by atoms with Crippen molar-refractivity contribution in [3.05, 3.63) is 99.3 Å². The zero-order valence-electron chi connectivity index (χ0n) is 17.3. The summed E-state index contributed by atoms with van der Waals surface area (Å²) in [6.45, 7) is 1.85. The molecule has 1 amide bonds. The molecular weight excluding hydrogens is 477 g/mol. The van der Waals surface area contributed by atoms with E-state index in [9.17, 15) is 19.1 Å². The molecule has 3 aromatic rings. The molecule has 1 heterocycles. The molecule has 0 bridgehead atoms. The number of aryl methyl sites for hydroxylation is 1. The van der Waals surface area contributed by atoms with E-state index in [4.69, 9.17) is 4.74 Å². The molecule has 1 atom stereocenters. The van der Waals surface area contributed by atoms with Gasteiger partial charge in [0.05, 0.1) is 18.7 Å². The average molecular weight is 496 g/mol. The Kier molecular flexibility index (Phi) is 5.84. The SMILES string of the molecule is COc1ccc(C2/C(=C(\O)c3ccc(Br)c(C)c3)C(=O)C(=O)N2c2cccc(F)c2)cc1. The zero-order valence-corrected chi connectivity index (χ0v) is 18.9. The lowest BCUT2D eigenvalue weighted by molar-refractivity contribution is -0.132. The molecule has 7 heteroatoms. The van der Waals surface area contributed by atoms with E-state index in [1.165, 1.54) is 30.2 Å². The third kappa shape index (κ3) is 3.80. The molecule has 1 N–H and O–H groups in total. The normalized spacial score (nSPS) is 17.6. The van der Waals surface area contributed by atoms with Gasteiger partial charge in [0.1, 0.15) is 17.3 Å². The van der Waals surface area contributed by atoms with Crippen molar-refractivity contribution < 1.29 is 23.8 Å². The number of methoxy groups -OCH3 is 1. The minimum Gasteiger partial charge on any atom is -0.507 e. The first-order chi connectivity index (χ1) is 15.3. The van der Waals surface area contributed by atoms with E-state index in [0.717, 1.165) is 10.0 Å². The van der Waals surface area contributed by atoms with Crippen LogP contribution in [0.1, 0.15) is 22.7 Å². The summed E-state index contributed by atoms with van der Waals surface area (Å²) >= 11 is 3.42. The molecule has 0 radical (unpaired) electrons. The van der Waals surface area contributed by atoms with E-state index in [1.807, 2.05) is 6.92 Å². The maximum absolute atomic E-state index is 14.0. The molecule has 0 saturated carbocycles. The highest BCUT2D eigenvalue weighted by atomic mass is 79.9. The van der Waals surface area contributed by atoms with Gasteiger partial charge in [0, 0.05) is 15.7 Å². The van der Waals surface area contributed by atoms with Gasteiger partial charge in [0.15, 0.2) is 0 Å². The fourth-order valence-electron chi connectivity index (χ4n) is 3.77. The number of Topliss-reactive ketones (excluding diaryl/α,β-unsaturated/α-hetero) is 1. The molecule has 1 aliphatic heterocycles. The first kappa shape index (κ1) is 21.8. The highest BCUT2D eigenvalue weighted by Gasteiger charge is 2.47. The lowest BCUT2D eigenvalue weighted by Crippen LogP contribution is -2.29. The van der Waals surface area contributed by atoms with Crippen LogP contribution in [-0.2, 0) is 9.59 Å². The summed E-state index contributed by atoms with van der Waals surface area (Å²) in [6, 6.07) is 16.5. The van der Waals surface area contributed by atoms with Crippen molar-refractivity contribution in [2.45, 2.75) is 13.0 Å². The van der Waals surface area contributed by atoms with Crippen LogP contribution in [0.4, 0.5) is 10.1 Å². The monoisotopic (exact) mass is 495 g/mol. The summed E-state index contributed by atoms with van der Waals surface area (Å²) in [6.07, 6.45) is 0. The van der Waals surface area contributed by atoms with Gasteiger partial charge in [-0.2, -0.15) is 0 Å². The quantitative estimate of drug-likeness (QED) is 0.293. The zero-order chi connectivity index (χ0) is 23.0. The minimum atomic E-state index is -0.938. The number of carbonyl (C=O) groups is 2. The Hall–Kier alpha value is -3.45. The molecule has 1 fully saturated rings. The predicted molar refractivity (Wildman–Crippen MR) is 123 cm³/mol. The molecule has 0 spiro atoms. The van der Waals surface area contributed by atoms with Gasteiger partial charge in [0.25, 0.3) is 11.7 Å². The molecule has 0 aliphatic carbocycles. The maximum Gasteiger partial charge on any atom is 0.300 e. The van der Waals surface area contributed by atoms with Gasteiger partial charge in [-0.25, -0.2) is 4.39 Å². The van der Waals surface area contributed by atoms with Crippen LogP contribution in [0.2, 0.25) is 0 Å². The lowest BCUT2D eigenvalue weighted by Gasteiger charge is -2.25. The van der Waals surface area contributed by atoms with E-state index in [2.05, 4.69) is 15.9 Å². The molecule has 5 nitrogen and oxygen atoms in total. The van der Waals surface area contributed by atoms with Crippen LogP contribution in [0.25, 0.3) is 5.76 Å². The second-order valence-electron chi connectivity index (χ2n) is 7.39. The van der Waals surface area contributed by atoms with Crippen molar-refractivity contribution in [2.24, 2.45) is 0 Å². The molecule has 1 aliphatic rings. The number of hydrogen-bond donors (Lipinski definition) is 1. The lowest BCUT2D eigenvalue weighted by atomic mass is 9.94. The largest absolute Gasteiger partial charge is 0.507 e.